The number of nitrogens with zero attached hydrogens (tertiary/aromatic N) is 2. The minimum Gasteiger partial charge on any atom is -0.494 e. The molecule has 0 spiro atoms. The van der Waals surface area contributed by atoms with Gasteiger partial charge in [-0.15, -0.1) is 0 Å². The van der Waals surface area contributed by atoms with E-state index < -0.39 is 0 Å². The lowest BCUT2D eigenvalue weighted by Crippen LogP contribution is -2.45. The van der Waals surface area contributed by atoms with E-state index in [1.165, 1.54) is 6.42 Å². The first-order chi connectivity index (χ1) is 13.1. The molecule has 3 rings (SSSR count). The number of hydrogen-bond acceptors (Lipinski definition) is 3. The van der Waals surface area contributed by atoms with Gasteiger partial charge in [0.1, 0.15) is 5.75 Å². The van der Waals surface area contributed by atoms with Gasteiger partial charge >= 0.3 is 0 Å². The number of hydrogen-bond donors (Lipinski definition) is 0. The monoisotopic (exact) mass is 436 g/mol. The number of amides is 2. The van der Waals surface area contributed by atoms with Crippen molar-refractivity contribution in [1.29, 1.82) is 0 Å². The average molecular weight is 437 g/mol. The fourth-order valence-electron chi connectivity index (χ4n) is 3.88. The van der Waals surface area contributed by atoms with Crippen molar-refractivity contribution in [3.05, 3.63) is 28.7 Å². The third-order valence-electron chi connectivity index (χ3n) is 5.46. The molecule has 0 radical (unpaired) electrons. The van der Waals surface area contributed by atoms with E-state index in [0.717, 1.165) is 49.0 Å². The smallest absolute Gasteiger partial charge is 0.225 e. The molecule has 0 bridgehead atoms. The standard InChI is InChI=1S/C21H29BrN2O3/c22-18-6-4-7-19(16-18)27-15-5-8-20(25)23-13-9-17(10-14-23)21(26)24-11-2-1-3-12-24/h4,6-7,16-17H,1-3,5,8-15H2. The molecule has 0 unspecified atom stereocenters. The molecule has 148 valence electrons. The SMILES string of the molecule is O=C(CCCOc1cccc(Br)c1)N1CCC(C(=O)N2CCCCC2)CC1. The molecule has 0 N–H and O–H groups in total. The maximum atomic E-state index is 12.6. The second-order valence-corrected chi connectivity index (χ2v) is 8.37. The molecule has 2 amide bonds. The lowest BCUT2D eigenvalue weighted by molar-refractivity contribution is -0.141. The van der Waals surface area contributed by atoms with Crippen LogP contribution in [0.2, 0.25) is 0 Å². The molecule has 0 atom stereocenters. The fraction of sp³-hybridized carbons (Fsp3) is 0.619. The van der Waals surface area contributed by atoms with Crippen LogP contribution in [0, 0.1) is 5.92 Å². The van der Waals surface area contributed by atoms with E-state index >= 15 is 0 Å². The van der Waals surface area contributed by atoms with E-state index in [9.17, 15) is 9.59 Å². The van der Waals surface area contributed by atoms with Crippen molar-refractivity contribution in [2.24, 2.45) is 5.92 Å². The molecule has 0 saturated carbocycles. The highest BCUT2D eigenvalue weighted by molar-refractivity contribution is 9.10. The molecule has 2 saturated heterocycles. The quantitative estimate of drug-likeness (QED) is 0.636. The maximum absolute atomic E-state index is 12.6. The first-order valence-corrected chi connectivity index (χ1v) is 10.9. The fourth-order valence-corrected chi connectivity index (χ4v) is 4.25. The summed E-state index contributed by atoms with van der Waals surface area (Å²) in [6.07, 6.45) is 6.31. The van der Waals surface area contributed by atoms with Crippen LogP contribution in [0.1, 0.15) is 44.9 Å². The minimum atomic E-state index is 0.104. The predicted molar refractivity (Wildman–Crippen MR) is 109 cm³/mol. The summed E-state index contributed by atoms with van der Waals surface area (Å²) in [4.78, 5) is 29.0. The summed E-state index contributed by atoms with van der Waals surface area (Å²) in [5, 5.41) is 0. The number of likely N-dealkylation sites (tertiary alicyclic amines) is 2. The van der Waals surface area contributed by atoms with Crippen molar-refractivity contribution in [2.45, 2.75) is 44.9 Å². The Bertz CT molecular complexity index is 638. The summed E-state index contributed by atoms with van der Waals surface area (Å²) in [5.74, 6) is 1.40. The number of benzene rings is 1. The first-order valence-electron chi connectivity index (χ1n) is 10.1. The van der Waals surface area contributed by atoms with Crippen LogP contribution in [-0.4, -0.2) is 54.4 Å². The van der Waals surface area contributed by atoms with Crippen molar-refractivity contribution in [3.63, 3.8) is 0 Å². The second kappa shape index (κ2) is 10.1. The predicted octanol–water partition coefficient (Wildman–Crippen LogP) is 3.86. The number of halogens is 1. The molecule has 27 heavy (non-hydrogen) atoms. The lowest BCUT2D eigenvalue weighted by atomic mass is 9.94. The van der Waals surface area contributed by atoms with Gasteiger partial charge in [-0.25, -0.2) is 0 Å². The van der Waals surface area contributed by atoms with Gasteiger partial charge in [-0.05, 0) is 56.7 Å². The van der Waals surface area contributed by atoms with Gasteiger partial charge in [0.2, 0.25) is 11.8 Å². The van der Waals surface area contributed by atoms with Gasteiger partial charge in [-0.2, -0.15) is 0 Å². The maximum Gasteiger partial charge on any atom is 0.225 e. The largest absolute Gasteiger partial charge is 0.494 e. The Morgan fingerprint density at radius 3 is 2.48 bits per heavy atom. The zero-order valence-corrected chi connectivity index (χ0v) is 17.5. The van der Waals surface area contributed by atoms with Gasteiger partial charge < -0.3 is 14.5 Å². The van der Waals surface area contributed by atoms with E-state index in [1.54, 1.807) is 0 Å². The molecular formula is C21H29BrN2O3. The van der Waals surface area contributed by atoms with Crippen molar-refractivity contribution < 1.29 is 14.3 Å². The van der Waals surface area contributed by atoms with Gasteiger partial charge in [-0.3, -0.25) is 9.59 Å². The molecule has 2 heterocycles. The van der Waals surface area contributed by atoms with Crippen LogP contribution >= 0.6 is 15.9 Å². The Hall–Kier alpha value is -1.56. The summed E-state index contributed by atoms with van der Waals surface area (Å²) in [6, 6.07) is 7.72. The average Bonchev–Trinajstić information content (AvgIpc) is 2.71. The van der Waals surface area contributed by atoms with Gasteiger partial charge in [0.05, 0.1) is 6.61 Å². The van der Waals surface area contributed by atoms with Crippen LogP contribution in [0.15, 0.2) is 28.7 Å². The zero-order chi connectivity index (χ0) is 19.1. The number of ether oxygens (including phenoxy) is 1. The van der Waals surface area contributed by atoms with Crippen molar-refractivity contribution in [1.82, 2.24) is 9.80 Å². The van der Waals surface area contributed by atoms with Gasteiger partial charge in [0, 0.05) is 43.0 Å². The van der Waals surface area contributed by atoms with Crippen molar-refractivity contribution >= 4 is 27.7 Å². The molecule has 6 heteroatoms. The third kappa shape index (κ3) is 5.96. The Morgan fingerprint density at radius 2 is 1.78 bits per heavy atom. The topological polar surface area (TPSA) is 49.9 Å². The molecule has 2 aliphatic rings. The summed E-state index contributed by atoms with van der Waals surface area (Å²) in [7, 11) is 0. The molecular weight excluding hydrogens is 408 g/mol. The Labute approximate surface area is 170 Å². The normalized spacial score (nSPS) is 18.4. The van der Waals surface area contributed by atoms with Crippen LogP contribution in [0.5, 0.6) is 5.75 Å². The van der Waals surface area contributed by atoms with Crippen LogP contribution < -0.4 is 4.74 Å². The van der Waals surface area contributed by atoms with E-state index in [1.807, 2.05) is 34.1 Å². The van der Waals surface area contributed by atoms with Crippen LogP contribution in [0.25, 0.3) is 0 Å². The highest BCUT2D eigenvalue weighted by Gasteiger charge is 2.30. The summed E-state index contributed by atoms with van der Waals surface area (Å²) in [5.41, 5.74) is 0. The lowest BCUT2D eigenvalue weighted by Gasteiger charge is -2.35. The number of carbonyl (C=O) groups excluding carboxylic acids is 2. The number of carbonyl (C=O) groups is 2. The molecule has 0 aromatic heterocycles. The Morgan fingerprint density at radius 1 is 1.04 bits per heavy atom. The van der Waals surface area contributed by atoms with Crippen molar-refractivity contribution in [3.8, 4) is 5.75 Å². The van der Waals surface area contributed by atoms with E-state index in [0.29, 0.717) is 38.4 Å². The molecule has 2 fully saturated rings. The van der Waals surface area contributed by atoms with Crippen LogP contribution in [0.3, 0.4) is 0 Å². The summed E-state index contributed by atoms with van der Waals surface area (Å²) >= 11 is 3.42. The number of piperidine rings is 2. The number of rotatable bonds is 6. The third-order valence-corrected chi connectivity index (χ3v) is 5.96. The Balaban J connectivity index is 1.34. The second-order valence-electron chi connectivity index (χ2n) is 7.45. The Kier molecular flexibility index (Phi) is 7.56. The van der Waals surface area contributed by atoms with Crippen LogP contribution in [-0.2, 0) is 9.59 Å². The highest BCUT2D eigenvalue weighted by Crippen LogP contribution is 2.23. The van der Waals surface area contributed by atoms with E-state index in [-0.39, 0.29) is 11.8 Å². The summed E-state index contributed by atoms with van der Waals surface area (Å²) < 4.78 is 6.67. The zero-order valence-electron chi connectivity index (χ0n) is 15.9. The van der Waals surface area contributed by atoms with E-state index in [2.05, 4.69) is 15.9 Å². The van der Waals surface area contributed by atoms with Gasteiger partial charge in [0.15, 0.2) is 0 Å². The van der Waals surface area contributed by atoms with Gasteiger partial charge in [-0.1, -0.05) is 22.0 Å². The van der Waals surface area contributed by atoms with Gasteiger partial charge in [0.25, 0.3) is 0 Å². The van der Waals surface area contributed by atoms with Crippen molar-refractivity contribution in [2.75, 3.05) is 32.8 Å². The van der Waals surface area contributed by atoms with Crippen LogP contribution in [0.4, 0.5) is 0 Å². The molecule has 0 aliphatic carbocycles. The molecule has 5 nitrogen and oxygen atoms in total. The summed E-state index contributed by atoms with van der Waals surface area (Å²) in [6.45, 7) is 3.77. The molecule has 2 aliphatic heterocycles. The molecule has 1 aromatic rings. The molecule has 1 aromatic carbocycles. The minimum absolute atomic E-state index is 0.104. The highest BCUT2D eigenvalue weighted by atomic mass is 79.9. The first kappa shape index (κ1) is 20.2. The van der Waals surface area contributed by atoms with E-state index in [4.69, 9.17) is 4.74 Å².